The van der Waals surface area contributed by atoms with Crippen LogP contribution in [0, 0.1) is 0 Å². The first kappa shape index (κ1) is 24.6. The van der Waals surface area contributed by atoms with E-state index in [9.17, 15) is 26.8 Å². The molecule has 2 aromatic carbocycles. The number of rotatable bonds is 5. The van der Waals surface area contributed by atoms with E-state index in [-0.39, 0.29) is 5.56 Å². The zero-order chi connectivity index (χ0) is 26.5. The first-order chi connectivity index (χ1) is 17.5. The Morgan fingerprint density at radius 3 is 2.46 bits per heavy atom. The number of hydrogen-bond donors (Lipinski definition) is 1. The van der Waals surface area contributed by atoms with Crippen molar-refractivity contribution in [1.29, 1.82) is 0 Å². The Labute approximate surface area is 211 Å². The number of aromatic nitrogens is 3. The first-order valence-corrected chi connectivity index (χ1v) is 13.0. The smallest absolute Gasteiger partial charge is 0.321 e. The number of sulfonamides is 1. The Bertz CT molecular complexity index is 1660. The van der Waals surface area contributed by atoms with Crippen molar-refractivity contribution in [1.82, 2.24) is 19.7 Å². The number of anilines is 1. The molecule has 192 valence electrons. The summed E-state index contributed by atoms with van der Waals surface area (Å²) in [5.41, 5.74) is 2.00. The molecular weight excluding hydrogens is 504 g/mol. The summed E-state index contributed by atoms with van der Waals surface area (Å²) < 4.78 is 58.3. The minimum Gasteiger partial charge on any atom is -0.345 e. The van der Waals surface area contributed by atoms with Gasteiger partial charge in [-0.15, -0.1) is 0 Å². The normalized spacial score (nSPS) is 19.3. The number of nitrogens with zero attached hydrogens (tertiary/aromatic N) is 4. The van der Waals surface area contributed by atoms with E-state index in [2.05, 4.69) is 10.4 Å². The van der Waals surface area contributed by atoms with Crippen LogP contribution < -0.4 is 15.2 Å². The molecule has 0 unspecified atom stereocenters. The minimum atomic E-state index is -3.99. The van der Waals surface area contributed by atoms with E-state index >= 15 is 0 Å². The third-order valence-electron chi connectivity index (χ3n) is 6.30. The van der Waals surface area contributed by atoms with Gasteiger partial charge in [-0.25, -0.2) is 13.1 Å². The van der Waals surface area contributed by atoms with Crippen molar-refractivity contribution in [3.05, 3.63) is 89.0 Å². The summed E-state index contributed by atoms with van der Waals surface area (Å²) in [6.07, 6.45) is 3.21. The van der Waals surface area contributed by atoms with Crippen molar-refractivity contribution in [3.63, 3.8) is 0 Å². The van der Waals surface area contributed by atoms with Crippen LogP contribution in [0.4, 0.5) is 14.5 Å². The van der Waals surface area contributed by atoms with Crippen molar-refractivity contribution in [2.24, 2.45) is 7.05 Å². The molecule has 1 saturated heterocycles. The predicted molar refractivity (Wildman–Crippen MR) is 134 cm³/mol. The van der Waals surface area contributed by atoms with E-state index in [1.165, 1.54) is 14.9 Å². The molecule has 9 nitrogen and oxygen atoms in total. The van der Waals surface area contributed by atoms with E-state index < -0.39 is 39.7 Å². The van der Waals surface area contributed by atoms with Gasteiger partial charge < -0.3 is 9.88 Å². The molecule has 0 saturated carbocycles. The molecule has 4 aromatic rings. The third kappa shape index (κ3) is 4.48. The van der Waals surface area contributed by atoms with E-state index in [0.29, 0.717) is 34.8 Å². The van der Waals surface area contributed by atoms with Crippen LogP contribution in [-0.4, -0.2) is 46.4 Å². The maximum atomic E-state index is 13.7. The minimum absolute atomic E-state index is 0.170. The Hall–Kier alpha value is -4.06. The summed E-state index contributed by atoms with van der Waals surface area (Å²) in [6, 6.07) is 14.5. The lowest BCUT2D eigenvalue weighted by atomic mass is 9.99. The summed E-state index contributed by atoms with van der Waals surface area (Å²) in [7, 11) is -2.37. The second kappa shape index (κ2) is 8.80. The standard InChI is InChI=1S/C25H23F2N5O4S/c1-25(26,27)24(34)29-20-15-37(35,36)32(23(20)16-6-4-3-5-7-16)18-8-10-21-17(12-18)13-28-31(21)19-9-11-22(33)30(2)14-19/h3-14,20,23H,15H2,1-2H3,(H,29,34)/t20-,23+/m0/s1. The van der Waals surface area contributed by atoms with E-state index in [0.717, 1.165) is 0 Å². The van der Waals surface area contributed by atoms with Gasteiger partial charge in [0.15, 0.2) is 0 Å². The molecule has 1 amide bonds. The lowest BCUT2D eigenvalue weighted by Gasteiger charge is -2.29. The highest BCUT2D eigenvalue weighted by molar-refractivity contribution is 7.93. The number of halogens is 2. The van der Waals surface area contributed by atoms with Crippen LogP contribution in [-0.2, 0) is 21.9 Å². The van der Waals surface area contributed by atoms with E-state index in [4.69, 9.17) is 0 Å². The van der Waals surface area contributed by atoms with Crippen LogP contribution in [0.2, 0.25) is 0 Å². The summed E-state index contributed by atoms with van der Waals surface area (Å²) in [6.45, 7) is 0.470. The van der Waals surface area contributed by atoms with Gasteiger partial charge in [0.1, 0.15) is 0 Å². The summed E-state index contributed by atoms with van der Waals surface area (Å²) in [4.78, 5) is 23.9. The average Bonchev–Trinajstić information content (AvgIpc) is 3.37. The first-order valence-electron chi connectivity index (χ1n) is 11.4. The van der Waals surface area contributed by atoms with Crippen molar-refractivity contribution in [3.8, 4) is 5.69 Å². The second-order valence-corrected chi connectivity index (χ2v) is 10.9. The number of aryl methyl sites for hydroxylation is 1. The van der Waals surface area contributed by atoms with Crippen molar-refractivity contribution < 1.29 is 22.0 Å². The summed E-state index contributed by atoms with van der Waals surface area (Å²) in [5, 5.41) is 7.26. The Balaban J connectivity index is 1.59. The molecule has 2 atom stereocenters. The highest BCUT2D eigenvalue weighted by atomic mass is 32.2. The van der Waals surface area contributed by atoms with Gasteiger partial charge in [-0.2, -0.15) is 13.9 Å². The largest absolute Gasteiger partial charge is 0.345 e. The molecule has 1 fully saturated rings. The molecule has 2 aromatic heterocycles. The van der Waals surface area contributed by atoms with Crippen LogP contribution in [0.1, 0.15) is 18.5 Å². The molecule has 0 bridgehead atoms. The maximum Gasteiger partial charge on any atom is 0.321 e. The fourth-order valence-electron chi connectivity index (χ4n) is 4.56. The van der Waals surface area contributed by atoms with Gasteiger partial charge in [0.05, 0.1) is 40.9 Å². The predicted octanol–water partition coefficient (Wildman–Crippen LogP) is 2.76. The topological polar surface area (TPSA) is 106 Å². The van der Waals surface area contributed by atoms with Crippen molar-refractivity contribution in [2.75, 3.05) is 10.1 Å². The van der Waals surface area contributed by atoms with Gasteiger partial charge in [0.2, 0.25) is 15.6 Å². The van der Waals surface area contributed by atoms with Gasteiger partial charge in [0, 0.05) is 31.6 Å². The number of pyridine rings is 1. The van der Waals surface area contributed by atoms with Crippen LogP contribution in [0.5, 0.6) is 0 Å². The van der Waals surface area contributed by atoms with Crippen LogP contribution in [0.25, 0.3) is 16.6 Å². The lowest BCUT2D eigenvalue weighted by molar-refractivity contribution is -0.143. The molecule has 1 aliphatic heterocycles. The fraction of sp³-hybridized carbons (Fsp3) is 0.240. The van der Waals surface area contributed by atoms with Gasteiger partial charge in [-0.05, 0) is 29.8 Å². The molecule has 0 aliphatic carbocycles. The number of nitrogens with one attached hydrogen (secondary N) is 1. The molecule has 3 heterocycles. The molecule has 12 heteroatoms. The SMILES string of the molecule is Cn1cc(-n2ncc3cc(N4[C@H](c5ccccc5)[C@@H](NC(=O)C(C)(F)F)CS4(=O)=O)ccc32)ccc1=O. The van der Waals surface area contributed by atoms with E-state index in [1.54, 1.807) is 78.7 Å². The number of amides is 1. The lowest BCUT2D eigenvalue weighted by Crippen LogP contribution is -2.47. The van der Waals surface area contributed by atoms with Gasteiger partial charge in [-0.1, -0.05) is 30.3 Å². The molecule has 1 N–H and O–H groups in total. The molecule has 0 radical (unpaired) electrons. The van der Waals surface area contributed by atoms with Crippen molar-refractivity contribution >= 4 is 32.5 Å². The maximum absolute atomic E-state index is 13.7. The molecule has 1 aliphatic rings. The Kier molecular flexibility index (Phi) is 5.86. The number of carbonyl (C=O) groups is 1. The fourth-order valence-corrected chi connectivity index (χ4v) is 6.49. The van der Waals surface area contributed by atoms with Crippen LogP contribution in [0.15, 0.2) is 77.9 Å². The number of carbonyl (C=O) groups excluding carboxylic acids is 1. The zero-order valence-corrected chi connectivity index (χ0v) is 20.7. The van der Waals surface area contributed by atoms with Crippen LogP contribution >= 0.6 is 0 Å². The molecule has 37 heavy (non-hydrogen) atoms. The highest BCUT2D eigenvalue weighted by Gasteiger charge is 2.48. The zero-order valence-electron chi connectivity index (χ0n) is 19.9. The summed E-state index contributed by atoms with van der Waals surface area (Å²) in [5.74, 6) is -5.74. The van der Waals surface area contributed by atoms with E-state index in [1.807, 2.05) is 0 Å². The average molecular weight is 528 g/mol. The quantitative estimate of drug-likeness (QED) is 0.430. The number of benzene rings is 2. The van der Waals surface area contributed by atoms with Gasteiger partial charge >= 0.3 is 5.92 Å². The second-order valence-electron chi connectivity index (χ2n) is 9.03. The Morgan fingerprint density at radius 1 is 1.08 bits per heavy atom. The highest BCUT2D eigenvalue weighted by Crippen LogP contribution is 2.40. The Morgan fingerprint density at radius 2 is 1.78 bits per heavy atom. The molecular formula is C25H23F2N5O4S. The van der Waals surface area contributed by atoms with Crippen LogP contribution in [0.3, 0.4) is 0 Å². The van der Waals surface area contributed by atoms with Gasteiger partial charge in [-0.3, -0.25) is 13.9 Å². The third-order valence-corrected chi connectivity index (χ3v) is 8.12. The number of fused-ring (bicyclic) bond motifs is 1. The number of alkyl halides is 2. The monoisotopic (exact) mass is 527 g/mol. The van der Waals surface area contributed by atoms with Crippen molar-refractivity contribution in [2.45, 2.75) is 24.9 Å². The molecule has 5 rings (SSSR count). The van der Waals surface area contributed by atoms with Gasteiger partial charge in [0.25, 0.3) is 5.91 Å². The summed E-state index contributed by atoms with van der Waals surface area (Å²) >= 11 is 0. The number of hydrogen-bond acceptors (Lipinski definition) is 5. The molecule has 0 spiro atoms.